The van der Waals surface area contributed by atoms with Crippen LogP contribution in [0.25, 0.3) is 0 Å². The SMILES string of the molecule is c1ccc(Oc2ccccc2Nc2cc(N3CCCCC3)ncn2)cc1. The van der Waals surface area contributed by atoms with Crippen LogP contribution in [0.3, 0.4) is 0 Å². The number of nitrogens with one attached hydrogen (secondary N) is 1. The third-order valence-electron chi connectivity index (χ3n) is 4.45. The molecule has 0 amide bonds. The topological polar surface area (TPSA) is 50.3 Å². The first-order valence-corrected chi connectivity index (χ1v) is 9.04. The van der Waals surface area contributed by atoms with Crippen molar-refractivity contribution in [3.05, 3.63) is 67.0 Å². The van der Waals surface area contributed by atoms with E-state index in [0.29, 0.717) is 0 Å². The second kappa shape index (κ2) is 7.87. The van der Waals surface area contributed by atoms with Gasteiger partial charge in [-0.05, 0) is 43.5 Å². The van der Waals surface area contributed by atoms with Gasteiger partial charge in [-0.2, -0.15) is 0 Å². The summed E-state index contributed by atoms with van der Waals surface area (Å²) in [7, 11) is 0. The highest BCUT2D eigenvalue weighted by molar-refractivity contribution is 5.66. The van der Waals surface area contributed by atoms with Crippen LogP contribution in [-0.4, -0.2) is 23.1 Å². The molecule has 0 atom stereocenters. The number of anilines is 3. The molecule has 0 bridgehead atoms. The Hall–Kier alpha value is -3.08. The zero-order chi connectivity index (χ0) is 17.6. The predicted molar refractivity (Wildman–Crippen MR) is 104 cm³/mol. The number of hydrogen-bond acceptors (Lipinski definition) is 5. The zero-order valence-corrected chi connectivity index (χ0v) is 14.6. The fourth-order valence-corrected chi connectivity index (χ4v) is 3.12. The molecule has 1 aliphatic heterocycles. The highest BCUT2D eigenvalue weighted by Gasteiger charge is 2.13. The summed E-state index contributed by atoms with van der Waals surface area (Å²) < 4.78 is 6.01. The van der Waals surface area contributed by atoms with Crippen LogP contribution in [0.5, 0.6) is 11.5 Å². The smallest absolute Gasteiger partial charge is 0.150 e. The molecule has 1 saturated heterocycles. The van der Waals surface area contributed by atoms with Gasteiger partial charge in [0.15, 0.2) is 5.75 Å². The Morgan fingerprint density at radius 1 is 0.846 bits per heavy atom. The Balaban J connectivity index is 1.54. The third kappa shape index (κ3) is 3.94. The molecule has 1 fully saturated rings. The van der Waals surface area contributed by atoms with E-state index in [4.69, 9.17) is 4.74 Å². The van der Waals surface area contributed by atoms with Crippen molar-refractivity contribution in [2.75, 3.05) is 23.3 Å². The number of piperidine rings is 1. The Kier molecular flexibility index (Phi) is 4.96. The first-order valence-electron chi connectivity index (χ1n) is 9.04. The second-order valence-electron chi connectivity index (χ2n) is 6.35. The van der Waals surface area contributed by atoms with Gasteiger partial charge in [-0.25, -0.2) is 9.97 Å². The van der Waals surface area contributed by atoms with Crippen molar-refractivity contribution in [2.45, 2.75) is 19.3 Å². The van der Waals surface area contributed by atoms with E-state index in [0.717, 1.165) is 41.9 Å². The number of rotatable bonds is 5. The Morgan fingerprint density at radius 3 is 2.46 bits per heavy atom. The van der Waals surface area contributed by atoms with E-state index in [-0.39, 0.29) is 0 Å². The molecular formula is C21H22N4O. The maximum absolute atomic E-state index is 6.01. The summed E-state index contributed by atoms with van der Waals surface area (Å²) in [6.07, 6.45) is 5.37. The molecule has 5 heteroatoms. The molecule has 0 aliphatic carbocycles. The monoisotopic (exact) mass is 346 g/mol. The number of benzene rings is 2. The lowest BCUT2D eigenvalue weighted by atomic mass is 10.1. The van der Waals surface area contributed by atoms with Gasteiger partial charge in [-0.15, -0.1) is 0 Å². The van der Waals surface area contributed by atoms with Crippen LogP contribution in [0.2, 0.25) is 0 Å². The van der Waals surface area contributed by atoms with Gasteiger partial charge in [0.25, 0.3) is 0 Å². The summed E-state index contributed by atoms with van der Waals surface area (Å²) in [5.41, 5.74) is 0.875. The fraction of sp³-hybridized carbons (Fsp3) is 0.238. The predicted octanol–water partition coefficient (Wildman–Crippen LogP) is 5.00. The van der Waals surface area contributed by atoms with E-state index in [1.165, 1.54) is 19.3 Å². The van der Waals surface area contributed by atoms with E-state index < -0.39 is 0 Å². The second-order valence-corrected chi connectivity index (χ2v) is 6.35. The normalized spacial score (nSPS) is 14.1. The van der Waals surface area contributed by atoms with Gasteiger partial charge in [-0.1, -0.05) is 30.3 Å². The molecule has 1 aromatic heterocycles. The van der Waals surface area contributed by atoms with Crippen LogP contribution in [0, 0.1) is 0 Å². The van der Waals surface area contributed by atoms with Crippen LogP contribution in [0.1, 0.15) is 19.3 Å². The number of aromatic nitrogens is 2. The van der Waals surface area contributed by atoms with Gasteiger partial charge in [0.1, 0.15) is 23.7 Å². The fourth-order valence-electron chi connectivity index (χ4n) is 3.12. The Morgan fingerprint density at radius 2 is 1.62 bits per heavy atom. The minimum absolute atomic E-state index is 0.761. The molecule has 2 heterocycles. The Bertz CT molecular complexity index is 847. The van der Waals surface area contributed by atoms with Gasteiger partial charge in [0.05, 0.1) is 5.69 Å². The molecule has 3 aromatic rings. The van der Waals surface area contributed by atoms with Crippen molar-refractivity contribution in [3.63, 3.8) is 0 Å². The van der Waals surface area contributed by atoms with Gasteiger partial charge in [-0.3, -0.25) is 0 Å². The number of hydrogen-bond donors (Lipinski definition) is 1. The number of ether oxygens (including phenoxy) is 1. The van der Waals surface area contributed by atoms with Gasteiger partial charge in [0, 0.05) is 19.2 Å². The Labute approximate surface area is 153 Å². The quantitative estimate of drug-likeness (QED) is 0.704. The summed E-state index contributed by atoms with van der Waals surface area (Å²) in [5.74, 6) is 3.31. The summed E-state index contributed by atoms with van der Waals surface area (Å²) in [4.78, 5) is 11.1. The van der Waals surface area contributed by atoms with Crippen LogP contribution in [0.4, 0.5) is 17.3 Å². The van der Waals surface area contributed by atoms with Gasteiger partial charge in [0.2, 0.25) is 0 Å². The van der Waals surface area contributed by atoms with Gasteiger partial charge >= 0.3 is 0 Å². The summed E-state index contributed by atoms with van der Waals surface area (Å²) in [6.45, 7) is 2.12. The third-order valence-corrected chi connectivity index (χ3v) is 4.45. The van der Waals surface area contributed by atoms with Crippen molar-refractivity contribution in [1.29, 1.82) is 0 Å². The summed E-state index contributed by atoms with van der Waals surface area (Å²) in [5, 5.41) is 3.37. The first kappa shape index (κ1) is 16.4. The van der Waals surface area contributed by atoms with E-state index in [1.807, 2.05) is 60.7 Å². The molecule has 132 valence electrons. The average Bonchev–Trinajstić information content (AvgIpc) is 2.71. The lowest BCUT2D eigenvalue weighted by Crippen LogP contribution is -2.30. The largest absolute Gasteiger partial charge is 0.455 e. The first-order chi connectivity index (χ1) is 12.9. The molecule has 0 unspecified atom stereocenters. The molecular weight excluding hydrogens is 324 g/mol. The van der Waals surface area contributed by atoms with Gasteiger partial charge < -0.3 is 15.0 Å². The average molecular weight is 346 g/mol. The van der Waals surface area contributed by atoms with E-state index in [9.17, 15) is 0 Å². The highest BCUT2D eigenvalue weighted by atomic mass is 16.5. The highest BCUT2D eigenvalue weighted by Crippen LogP contribution is 2.31. The standard InChI is InChI=1S/C21H22N4O/c1-3-9-17(10-4-1)26-19-12-6-5-11-18(19)24-20-15-21(23-16-22-20)25-13-7-2-8-14-25/h1,3-6,9-12,15-16H,2,7-8,13-14H2,(H,22,23,24). The number of para-hydroxylation sites is 3. The zero-order valence-electron chi connectivity index (χ0n) is 14.6. The van der Waals surface area contributed by atoms with Crippen LogP contribution < -0.4 is 15.0 Å². The molecule has 5 nitrogen and oxygen atoms in total. The van der Waals surface area contributed by atoms with E-state index >= 15 is 0 Å². The minimum atomic E-state index is 0.761. The lowest BCUT2D eigenvalue weighted by Gasteiger charge is -2.27. The summed E-state index contributed by atoms with van der Waals surface area (Å²) >= 11 is 0. The molecule has 26 heavy (non-hydrogen) atoms. The molecule has 0 saturated carbocycles. The minimum Gasteiger partial charge on any atom is -0.455 e. The molecule has 0 radical (unpaired) electrons. The maximum atomic E-state index is 6.01. The van der Waals surface area contributed by atoms with Crippen LogP contribution in [0.15, 0.2) is 67.0 Å². The van der Waals surface area contributed by atoms with Crippen molar-refractivity contribution in [2.24, 2.45) is 0 Å². The molecule has 1 aliphatic rings. The van der Waals surface area contributed by atoms with Crippen molar-refractivity contribution in [3.8, 4) is 11.5 Å². The van der Waals surface area contributed by atoms with Crippen molar-refractivity contribution < 1.29 is 4.74 Å². The van der Waals surface area contributed by atoms with E-state index in [1.54, 1.807) is 6.33 Å². The van der Waals surface area contributed by atoms with Crippen LogP contribution >= 0.6 is 0 Å². The van der Waals surface area contributed by atoms with E-state index in [2.05, 4.69) is 20.2 Å². The number of nitrogens with zero attached hydrogens (tertiary/aromatic N) is 3. The molecule has 0 spiro atoms. The van der Waals surface area contributed by atoms with Crippen LogP contribution in [-0.2, 0) is 0 Å². The maximum Gasteiger partial charge on any atom is 0.150 e. The summed E-state index contributed by atoms with van der Waals surface area (Å²) in [6, 6.07) is 19.6. The van der Waals surface area contributed by atoms with Crippen molar-refractivity contribution in [1.82, 2.24) is 9.97 Å². The lowest BCUT2D eigenvalue weighted by molar-refractivity contribution is 0.485. The van der Waals surface area contributed by atoms with Crippen molar-refractivity contribution >= 4 is 17.3 Å². The molecule has 4 rings (SSSR count). The molecule has 2 aromatic carbocycles. The molecule has 1 N–H and O–H groups in total.